The van der Waals surface area contributed by atoms with Crippen LogP contribution in [0.15, 0.2) is 18.2 Å². The molecule has 1 aromatic rings. The van der Waals surface area contributed by atoms with Crippen LogP contribution in [0.1, 0.15) is 50.7 Å². The van der Waals surface area contributed by atoms with E-state index in [1.165, 1.54) is 7.11 Å². The van der Waals surface area contributed by atoms with Crippen molar-refractivity contribution in [3.8, 4) is 11.5 Å². The van der Waals surface area contributed by atoms with Gasteiger partial charge in [-0.1, -0.05) is 13.8 Å². The standard InChI is InChI=1S/C27H35NO8/c1-16(2)13-26(31,14-23(29)33-4)25(30)36-24-22(32-3)12-19-18-11-21-20(34-15-35-21)10-17(18)6-9-28-8-5-7-27(19,24)28/h10-12,16,22,24,31H,5-9,13-15H2,1-4H3/t22-,24?,26+,27+/m0/s1. The van der Waals surface area contributed by atoms with Crippen LogP contribution in [0.4, 0.5) is 0 Å². The molecule has 0 radical (unpaired) electrons. The molecule has 3 heterocycles. The zero-order valence-corrected chi connectivity index (χ0v) is 21.4. The molecule has 9 nitrogen and oxygen atoms in total. The van der Waals surface area contributed by atoms with E-state index >= 15 is 0 Å². The van der Waals surface area contributed by atoms with E-state index in [2.05, 4.69) is 4.90 Å². The molecule has 5 rings (SSSR count). The summed E-state index contributed by atoms with van der Waals surface area (Å²) in [7, 11) is 2.83. The molecule has 1 spiro atoms. The van der Waals surface area contributed by atoms with Gasteiger partial charge in [-0.05, 0) is 73.1 Å². The molecule has 4 atom stereocenters. The van der Waals surface area contributed by atoms with Gasteiger partial charge in [0.15, 0.2) is 23.2 Å². The predicted molar refractivity (Wildman–Crippen MR) is 129 cm³/mol. The van der Waals surface area contributed by atoms with Crippen molar-refractivity contribution in [3.05, 3.63) is 29.3 Å². The molecule has 0 aromatic heterocycles. The molecule has 0 saturated carbocycles. The van der Waals surface area contributed by atoms with Gasteiger partial charge in [0.1, 0.15) is 6.10 Å². The maximum absolute atomic E-state index is 13.6. The molecule has 0 amide bonds. The molecule has 9 heteroatoms. The predicted octanol–water partition coefficient (Wildman–Crippen LogP) is 2.47. The van der Waals surface area contributed by atoms with E-state index in [1.807, 2.05) is 32.1 Å². The van der Waals surface area contributed by atoms with Gasteiger partial charge in [0.2, 0.25) is 6.79 Å². The number of nitrogens with zero attached hydrogens (tertiary/aromatic N) is 1. The van der Waals surface area contributed by atoms with Gasteiger partial charge in [-0.25, -0.2) is 4.79 Å². The number of carbonyl (C=O) groups is 2. The Labute approximate surface area is 211 Å². The zero-order valence-electron chi connectivity index (χ0n) is 21.4. The summed E-state index contributed by atoms with van der Waals surface area (Å²) in [6, 6.07) is 4.07. The highest BCUT2D eigenvalue weighted by atomic mass is 16.7. The highest BCUT2D eigenvalue weighted by Crippen LogP contribution is 2.54. The van der Waals surface area contributed by atoms with Gasteiger partial charge in [-0.15, -0.1) is 0 Å². The summed E-state index contributed by atoms with van der Waals surface area (Å²) in [5, 5.41) is 11.3. The summed E-state index contributed by atoms with van der Waals surface area (Å²) in [5.41, 5.74) is 0.672. The van der Waals surface area contributed by atoms with E-state index in [0.717, 1.165) is 54.8 Å². The van der Waals surface area contributed by atoms with Crippen molar-refractivity contribution >= 4 is 17.5 Å². The molecule has 1 unspecified atom stereocenters. The highest BCUT2D eigenvalue weighted by molar-refractivity contribution is 5.87. The first-order valence-corrected chi connectivity index (χ1v) is 12.6. The fraction of sp³-hybridized carbons (Fsp3) is 0.630. The van der Waals surface area contributed by atoms with Gasteiger partial charge in [0.25, 0.3) is 0 Å². The lowest BCUT2D eigenvalue weighted by Gasteiger charge is -2.43. The normalized spacial score (nSPS) is 28.0. The lowest BCUT2D eigenvalue weighted by atomic mass is 9.81. The van der Waals surface area contributed by atoms with Gasteiger partial charge in [-0.3, -0.25) is 9.69 Å². The Bertz CT molecular complexity index is 1080. The van der Waals surface area contributed by atoms with Crippen molar-refractivity contribution in [1.82, 2.24) is 4.90 Å². The minimum atomic E-state index is -1.99. The Morgan fingerprint density at radius 3 is 2.67 bits per heavy atom. The number of benzene rings is 1. The Morgan fingerprint density at radius 2 is 1.97 bits per heavy atom. The number of fused-ring (bicyclic) bond motifs is 3. The van der Waals surface area contributed by atoms with E-state index in [-0.39, 0.29) is 19.1 Å². The molecule has 3 aliphatic heterocycles. The smallest absolute Gasteiger partial charge is 0.339 e. The first-order chi connectivity index (χ1) is 17.2. The number of hydrogen-bond acceptors (Lipinski definition) is 9. The Morgan fingerprint density at radius 1 is 1.22 bits per heavy atom. The third-order valence-electron chi connectivity index (χ3n) is 7.95. The number of carbonyl (C=O) groups excluding carboxylic acids is 2. The van der Waals surface area contributed by atoms with Crippen molar-refractivity contribution in [2.24, 2.45) is 5.92 Å². The first kappa shape index (κ1) is 25.0. The molecule has 1 fully saturated rings. The van der Waals surface area contributed by atoms with E-state index in [1.54, 1.807) is 7.11 Å². The second-order valence-electron chi connectivity index (χ2n) is 10.6. The van der Waals surface area contributed by atoms with Crippen LogP contribution in [-0.4, -0.2) is 79.4 Å². The average Bonchev–Trinajstić information content (AvgIpc) is 3.53. The molecule has 1 aliphatic carbocycles. The topological polar surface area (TPSA) is 104 Å². The highest BCUT2D eigenvalue weighted by Gasteiger charge is 2.60. The van der Waals surface area contributed by atoms with Crippen molar-refractivity contribution in [2.75, 3.05) is 34.1 Å². The Hall–Kier alpha value is -2.62. The van der Waals surface area contributed by atoms with Crippen LogP contribution in [0, 0.1) is 5.92 Å². The van der Waals surface area contributed by atoms with Crippen LogP contribution in [-0.2, 0) is 30.2 Å². The first-order valence-electron chi connectivity index (χ1n) is 12.6. The zero-order chi connectivity index (χ0) is 25.7. The number of aliphatic hydroxyl groups is 1. The third-order valence-corrected chi connectivity index (χ3v) is 7.95. The van der Waals surface area contributed by atoms with Gasteiger partial charge in [0.05, 0.1) is 19.1 Å². The fourth-order valence-corrected chi connectivity index (χ4v) is 6.47. The summed E-state index contributed by atoms with van der Waals surface area (Å²) in [5.74, 6) is -0.0762. The van der Waals surface area contributed by atoms with Crippen LogP contribution in [0.3, 0.4) is 0 Å². The van der Waals surface area contributed by atoms with Gasteiger partial charge in [-0.2, -0.15) is 0 Å². The number of methoxy groups -OCH3 is 2. The van der Waals surface area contributed by atoms with Crippen LogP contribution >= 0.6 is 0 Å². The van der Waals surface area contributed by atoms with E-state index in [0.29, 0.717) is 5.75 Å². The lowest BCUT2D eigenvalue weighted by molar-refractivity contribution is -0.187. The second kappa shape index (κ2) is 9.36. The summed E-state index contributed by atoms with van der Waals surface area (Å²) >= 11 is 0. The van der Waals surface area contributed by atoms with E-state index < -0.39 is 41.7 Å². The maximum atomic E-state index is 13.6. The quantitative estimate of drug-likeness (QED) is 0.564. The Balaban J connectivity index is 1.53. The van der Waals surface area contributed by atoms with Gasteiger partial charge < -0.3 is 28.8 Å². The minimum absolute atomic E-state index is 0.0436. The second-order valence-corrected chi connectivity index (χ2v) is 10.6. The van der Waals surface area contributed by atoms with Gasteiger partial charge >= 0.3 is 11.9 Å². The number of ether oxygens (including phenoxy) is 5. The van der Waals surface area contributed by atoms with Crippen molar-refractivity contribution in [3.63, 3.8) is 0 Å². The third kappa shape index (κ3) is 3.97. The summed E-state index contributed by atoms with van der Waals surface area (Å²) < 4.78 is 28.1. The average molecular weight is 502 g/mol. The molecule has 1 aromatic carbocycles. The van der Waals surface area contributed by atoms with E-state index in [4.69, 9.17) is 23.7 Å². The van der Waals surface area contributed by atoms with Crippen LogP contribution in [0.2, 0.25) is 0 Å². The van der Waals surface area contributed by atoms with Crippen LogP contribution in [0.5, 0.6) is 11.5 Å². The molecular formula is C27H35NO8. The molecule has 1 saturated heterocycles. The van der Waals surface area contributed by atoms with E-state index in [9.17, 15) is 14.7 Å². The lowest BCUT2D eigenvalue weighted by Crippen LogP contribution is -2.57. The molecule has 0 bridgehead atoms. The summed E-state index contributed by atoms with van der Waals surface area (Å²) in [6.45, 7) is 5.61. The largest absolute Gasteiger partial charge is 0.469 e. The van der Waals surface area contributed by atoms with Crippen LogP contribution < -0.4 is 9.47 Å². The molecule has 196 valence electrons. The molecule has 1 N–H and O–H groups in total. The minimum Gasteiger partial charge on any atom is -0.469 e. The van der Waals surface area contributed by atoms with Crippen molar-refractivity contribution in [1.29, 1.82) is 0 Å². The fourth-order valence-electron chi connectivity index (χ4n) is 6.47. The van der Waals surface area contributed by atoms with Gasteiger partial charge in [0, 0.05) is 13.7 Å². The number of hydrogen-bond donors (Lipinski definition) is 1. The maximum Gasteiger partial charge on any atom is 0.339 e. The SMILES string of the molecule is COC(=O)C[C@](O)(CC(C)C)C(=O)OC1[C@@H](OC)C=C2c3cc4c(cc3CCN3CCC[C@@]213)OCO4. The van der Waals surface area contributed by atoms with Crippen molar-refractivity contribution < 1.29 is 38.4 Å². The summed E-state index contributed by atoms with van der Waals surface area (Å²) in [4.78, 5) is 28.1. The van der Waals surface area contributed by atoms with Crippen molar-refractivity contribution in [2.45, 2.75) is 69.3 Å². The number of esters is 2. The molecular weight excluding hydrogens is 466 g/mol. The summed E-state index contributed by atoms with van der Waals surface area (Å²) in [6.07, 6.45) is 3.02. The monoisotopic (exact) mass is 501 g/mol. The Kier molecular flexibility index (Phi) is 6.51. The number of rotatable bonds is 7. The van der Waals surface area contributed by atoms with Crippen LogP contribution in [0.25, 0.3) is 5.57 Å². The molecule has 4 aliphatic rings. The molecule has 36 heavy (non-hydrogen) atoms.